The van der Waals surface area contributed by atoms with Crippen LogP contribution in [0.3, 0.4) is 0 Å². The summed E-state index contributed by atoms with van der Waals surface area (Å²) in [7, 11) is 2.48. The maximum absolute atomic E-state index is 13.5. The number of anilines is 1. The lowest BCUT2D eigenvalue weighted by Crippen LogP contribution is -2.26. The van der Waals surface area contributed by atoms with Crippen LogP contribution in [0, 0.1) is 5.41 Å². The van der Waals surface area contributed by atoms with Crippen molar-refractivity contribution in [3.05, 3.63) is 58.7 Å². The summed E-state index contributed by atoms with van der Waals surface area (Å²) in [6.45, 7) is 12.1. The van der Waals surface area contributed by atoms with Crippen molar-refractivity contribution in [2.45, 2.75) is 59.3 Å². The minimum atomic E-state index is -0.638. The molecule has 0 radical (unpaired) electrons. The number of nitrogens with one attached hydrogen (secondary N) is 1. The Bertz CT molecular complexity index is 1040. The highest BCUT2D eigenvalue weighted by Crippen LogP contribution is 2.37. The lowest BCUT2D eigenvalue weighted by molar-refractivity contribution is -0.118. The van der Waals surface area contributed by atoms with E-state index in [9.17, 15) is 19.5 Å². The van der Waals surface area contributed by atoms with E-state index in [4.69, 9.17) is 9.47 Å². The molecule has 7 heteroatoms. The number of methoxy groups -OCH3 is 2. The Morgan fingerprint density at radius 1 is 0.882 bits per heavy atom. The number of phenols is 1. The lowest BCUT2D eigenvalue weighted by Gasteiger charge is -2.28. The quantitative estimate of drug-likeness (QED) is 0.548. The molecule has 2 rings (SSSR count). The second-order valence-corrected chi connectivity index (χ2v) is 10.6. The zero-order valence-electron chi connectivity index (χ0n) is 21.2. The number of hydrogen-bond acceptors (Lipinski definition) is 6. The number of hydrogen-bond donors (Lipinski definition) is 2. The monoisotopic (exact) mass is 469 g/mol. The molecule has 1 amide bonds. The first-order valence-corrected chi connectivity index (χ1v) is 11.1. The smallest absolute Gasteiger partial charge is 0.337 e. The predicted molar refractivity (Wildman–Crippen MR) is 131 cm³/mol. The van der Waals surface area contributed by atoms with E-state index in [2.05, 4.69) is 5.32 Å². The molecule has 0 bridgehead atoms. The minimum Gasteiger partial charge on any atom is -0.508 e. The van der Waals surface area contributed by atoms with Gasteiger partial charge in [0.15, 0.2) is 0 Å². The molecular weight excluding hydrogens is 434 g/mol. The van der Waals surface area contributed by atoms with Gasteiger partial charge in [0.05, 0.1) is 31.3 Å². The highest BCUT2D eigenvalue weighted by Gasteiger charge is 2.29. The fourth-order valence-electron chi connectivity index (χ4n) is 3.75. The number of aromatic hydroxyl groups is 1. The van der Waals surface area contributed by atoms with E-state index in [-0.39, 0.29) is 39.3 Å². The van der Waals surface area contributed by atoms with Gasteiger partial charge in [-0.2, -0.15) is 0 Å². The molecule has 1 atom stereocenters. The number of carbonyl (C=O) groups excluding carboxylic acids is 3. The van der Waals surface area contributed by atoms with Crippen LogP contribution < -0.4 is 5.32 Å². The average Bonchev–Trinajstić information content (AvgIpc) is 2.75. The molecular formula is C27H35NO6. The van der Waals surface area contributed by atoms with Crippen LogP contribution in [-0.2, 0) is 19.7 Å². The van der Waals surface area contributed by atoms with E-state index in [0.717, 1.165) is 11.1 Å². The van der Waals surface area contributed by atoms with E-state index in [1.165, 1.54) is 32.4 Å². The molecule has 34 heavy (non-hydrogen) atoms. The molecule has 0 saturated heterocycles. The molecule has 0 aromatic heterocycles. The Morgan fingerprint density at radius 2 is 1.41 bits per heavy atom. The molecule has 7 nitrogen and oxygen atoms in total. The normalized spacial score (nSPS) is 12.6. The first kappa shape index (κ1) is 26.9. The highest BCUT2D eigenvalue weighted by molar-refractivity contribution is 6.01. The summed E-state index contributed by atoms with van der Waals surface area (Å²) in [4.78, 5) is 37.8. The van der Waals surface area contributed by atoms with Crippen LogP contribution in [0.25, 0.3) is 0 Å². The molecule has 0 fully saturated rings. The zero-order chi connectivity index (χ0) is 25.8. The first-order valence-electron chi connectivity index (χ1n) is 11.1. The molecule has 0 aliphatic carbocycles. The third-order valence-corrected chi connectivity index (χ3v) is 5.41. The fraction of sp³-hybridized carbons (Fsp3) is 0.444. The van der Waals surface area contributed by atoms with Gasteiger partial charge in [0.25, 0.3) is 0 Å². The first-order chi connectivity index (χ1) is 15.7. The third-order valence-electron chi connectivity index (χ3n) is 5.41. The topological polar surface area (TPSA) is 102 Å². The van der Waals surface area contributed by atoms with Gasteiger partial charge in [-0.1, -0.05) is 53.7 Å². The number of ether oxygens (including phenoxy) is 2. The van der Waals surface area contributed by atoms with Crippen LogP contribution >= 0.6 is 0 Å². The van der Waals surface area contributed by atoms with E-state index in [1.807, 2.05) is 47.6 Å². The van der Waals surface area contributed by atoms with Crippen molar-refractivity contribution in [2.75, 3.05) is 19.5 Å². The number of rotatable bonds is 6. The van der Waals surface area contributed by atoms with Crippen molar-refractivity contribution in [2.24, 2.45) is 5.41 Å². The molecule has 0 aliphatic rings. The van der Waals surface area contributed by atoms with Gasteiger partial charge in [0, 0.05) is 5.69 Å². The van der Waals surface area contributed by atoms with E-state index < -0.39 is 17.9 Å². The van der Waals surface area contributed by atoms with Crippen molar-refractivity contribution in [3.8, 4) is 5.75 Å². The van der Waals surface area contributed by atoms with Gasteiger partial charge in [-0.05, 0) is 52.6 Å². The molecule has 0 aliphatic heterocycles. The molecule has 184 valence electrons. The van der Waals surface area contributed by atoms with Crippen LogP contribution in [0.15, 0.2) is 36.4 Å². The molecule has 0 spiro atoms. The van der Waals surface area contributed by atoms with Crippen LogP contribution in [0.4, 0.5) is 5.69 Å². The SMILES string of the molecule is COC(=O)c1cc(NC(=O)C(CC(C)(C)C)c2ccc(O)c(C(C)(C)C)c2)cc(C(=O)OC)c1. The summed E-state index contributed by atoms with van der Waals surface area (Å²) >= 11 is 0. The van der Waals surface area contributed by atoms with Crippen LogP contribution in [0.2, 0.25) is 0 Å². The second kappa shape index (κ2) is 10.3. The Labute approximate surface area is 201 Å². The van der Waals surface area contributed by atoms with E-state index in [1.54, 1.807) is 12.1 Å². The fourth-order valence-corrected chi connectivity index (χ4v) is 3.75. The number of benzene rings is 2. The van der Waals surface area contributed by atoms with E-state index in [0.29, 0.717) is 6.42 Å². The summed E-state index contributed by atoms with van der Waals surface area (Å²) < 4.78 is 9.55. The minimum absolute atomic E-state index is 0.118. The lowest BCUT2D eigenvalue weighted by atomic mass is 9.78. The molecule has 2 aromatic rings. The largest absolute Gasteiger partial charge is 0.508 e. The average molecular weight is 470 g/mol. The Hall–Kier alpha value is -3.35. The van der Waals surface area contributed by atoms with Crippen molar-refractivity contribution in [3.63, 3.8) is 0 Å². The summed E-state index contributed by atoms with van der Waals surface area (Å²) in [5, 5.41) is 13.2. The van der Waals surface area contributed by atoms with E-state index >= 15 is 0 Å². The van der Waals surface area contributed by atoms with Crippen LogP contribution in [-0.4, -0.2) is 37.2 Å². The molecule has 2 aromatic carbocycles. The Balaban J connectivity index is 2.52. The van der Waals surface area contributed by atoms with Gasteiger partial charge in [-0.25, -0.2) is 9.59 Å². The molecule has 1 unspecified atom stereocenters. The number of esters is 2. The molecule has 2 N–H and O–H groups in total. The molecule has 0 saturated carbocycles. The van der Waals surface area contributed by atoms with Gasteiger partial charge in [0.1, 0.15) is 5.75 Å². The van der Waals surface area contributed by atoms with Crippen molar-refractivity contribution < 1.29 is 29.0 Å². The predicted octanol–water partition coefficient (Wildman–Crippen LogP) is 5.42. The summed E-state index contributed by atoms with van der Waals surface area (Å²) in [5.74, 6) is -1.93. The third kappa shape index (κ3) is 6.83. The maximum Gasteiger partial charge on any atom is 0.337 e. The van der Waals surface area contributed by atoms with Crippen LogP contribution in [0.1, 0.15) is 85.7 Å². The number of carbonyl (C=O) groups is 3. The van der Waals surface area contributed by atoms with Crippen molar-refractivity contribution in [1.29, 1.82) is 0 Å². The van der Waals surface area contributed by atoms with Crippen molar-refractivity contribution in [1.82, 2.24) is 0 Å². The molecule has 0 heterocycles. The summed E-state index contributed by atoms with van der Waals surface area (Å²) in [5.41, 5.74) is 1.55. The maximum atomic E-state index is 13.5. The number of phenolic OH excluding ortho intramolecular Hbond substituents is 1. The summed E-state index contributed by atoms with van der Waals surface area (Å²) in [6, 6.07) is 9.52. The van der Waals surface area contributed by atoms with Gasteiger partial charge < -0.3 is 19.9 Å². The second-order valence-electron chi connectivity index (χ2n) is 10.6. The number of amides is 1. The zero-order valence-corrected chi connectivity index (χ0v) is 21.2. The standard InChI is InChI=1S/C27H35NO6/c1-26(2,3)15-20(16-9-10-22(29)21(14-16)27(4,5)6)23(30)28-19-12-17(24(31)33-7)11-18(13-19)25(32)34-8/h9-14,20,29H,15H2,1-8H3,(H,28,30). The van der Waals surface area contributed by atoms with Crippen molar-refractivity contribution >= 4 is 23.5 Å². The summed E-state index contributed by atoms with van der Waals surface area (Å²) in [6.07, 6.45) is 0.535. The van der Waals surface area contributed by atoms with Crippen LogP contribution in [0.5, 0.6) is 5.75 Å². The van der Waals surface area contributed by atoms with Gasteiger partial charge in [-0.15, -0.1) is 0 Å². The van der Waals surface area contributed by atoms with Gasteiger partial charge in [-0.3, -0.25) is 4.79 Å². The Morgan fingerprint density at radius 3 is 1.85 bits per heavy atom. The highest BCUT2D eigenvalue weighted by atomic mass is 16.5. The Kier molecular flexibility index (Phi) is 8.14. The van der Waals surface area contributed by atoms with Gasteiger partial charge >= 0.3 is 11.9 Å². The van der Waals surface area contributed by atoms with Gasteiger partial charge in [0.2, 0.25) is 5.91 Å².